The van der Waals surface area contributed by atoms with Crippen LogP contribution in [0.1, 0.15) is 52.9 Å². The van der Waals surface area contributed by atoms with Crippen LogP contribution in [0.4, 0.5) is 0 Å². The highest BCUT2D eigenvalue weighted by atomic mass is 127. The molecule has 20 heavy (non-hydrogen) atoms. The van der Waals surface area contributed by atoms with E-state index >= 15 is 0 Å². The van der Waals surface area contributed by atoms with Crippen LogP contribution in [0.2, 0.25) is 0 Å². The molecule has 0 bridgehead atoms. The van der Waals surface area contributed by atoms with Crippen molar-refractivity contribution in [2.24, 2.45) is 10.9 Å². The SMILES string of the molecule is CCNC(=NCCCC(C)C)NCCC1CCCO1.I. The molecule has 1 saturated heterocycles. The maximum Gasteiger partial charge on any atom is 0.191 e. The average Bonchev–Trinajstić information content (AvgIpc) is 2.87. The first-order chi connectivity index (χ1) is 9.22. The van der Waals surface area contributed by atoms with E-state index in [4.69, 9.17) is 4.74 Å². The smallest absolute Gasteiger partial charge is 0.191 e. The molecule has 0 aromatic carbocycles. The first-order valence-electron chi connectivity index (χ1n) is 7.86. The van der Waals surface area contributed by atoms with E-state index < -0.39 is 0 Å². The maximum absolute atomic E-state index is 5.62. The summed E-state index contributed by atoms with van der Waals surface area (Å²) in [6.45, 7) is 10.3. The van der Waals surface area contributed by atoms with Crippen molar-refractivity contribution in [2.75, 3.05) is 26.2 Å². The van der Waals surface area contributed by atoms with Crippen LogP contribution in [0.3, 0.4) is 0 Å². The fraction of sp³-hybridized carbons (Fsp3) is 0.933. The van der Waals surface area contributed by atoms with Gasteiger partial charge in [0.25, 0.3) is 0 Å². The van der Waals surface area contributed by atoms with Crippen LogP contribution in [0.15, 0.2) is 4.99 Å². The van der Waals surface area contributed by atoms with Crippen LogP contribution < -0.4 is 10.6 Å². The largest absolute Gasteiger partial charge is 0.378 e. The molecule has 120 valence electrons. The van der Waals surface area contributed by atoms with Crippen molar-refractivity contribution in [2.45, 2.75) is 59.0 Å². The molecule has 4 nitrogen and oxygen atoms in total. The highest BCUT2D eigenvalue weighted by Gasteiger charge is 2.14. The number of nitrogens with one attached hydrogen (secondary N) is 2. The third-order valence-electron chi connectivity index (χ3n) is 3.34. The minimum atomic E-state index is 0. The molecule has 1 aliphatic heterocycles. The zero-order chi connectivity index (χ0) is 13.9. The molecule has 0 aromatic rings. The Bertz CT molecular complexity index is 254. The van der Waals surface area contributed by atoms with Gasteiger partial charge in [0, 0.05) is 26.2 Å². The molecule has 1 fully saturated rings. The van der Waals surface area contributed by atoms with Crippen molar-refractivity contribution in [3.63, 3.8) is 0 Å². The molecule has 0 saturated carbocycles. The Hall–Kier alpha value is -0.0400. The molecule has 0 amide bonds. The Balaban J connectivity index is 0.00000361. The second-order valence-electron chi connectivity index (χ2n) is 5.65. The Kier molecular flexibility index (Phi) is 12.7. The first-order valence-corrected chi connectivity index (χ1v) is 7.86. The number of guanidine groups is 1. The lowest BCUT2D eigenvalue weighted by molar-refractivity contribution is 0.105. The maximum atomic E-state index is 5.62. The van der Waals surface area contributed by atoms with Crippen molar-refractivity contribution in [1.82, 2.24) is 10.6 Å². The van der Waals surface area contributed by atoms with Gasteiger partial charge in [0.1, 0.15) is 0 Å². The van der Waals surface area contributed by atoms with Crippen LogP contribution in [-0.4, -0.2) is 38.3 Å². The van der Waals surface area contributed by atoms with Gasteiger partial charge in [0.15, 0.2) is 5.96 Å². The molecule has 0 aliphatic carbocycles. The van der Waals surface area contributed by atoms with Gasteiger partial charge in [-0.3, -0.25) is 4.99 Å². The van der Waals surface area contributed by atoms with Crippen LogP contribution >= 0.6 is 24.0 Å². The normalized spacial score (nSPS) is 19.0. The Morgan fingerprint density at radius 3 is 2.75 bits per heavy atom. The predicted octanol–water partition coefficient (Wildman–Crippen LogP) is 3.16. The molecule has 2 N–H and O–H groups in total. The van der Waals surface area contributed by atoms with Crippen molar-refractivity contribution in [3.8, 4) is 0 Å². The van der Waals surface area contributed by atoms with Gasteiger partial charge in [-0.2, -0.15) is 0 Å². The molecule has 1 unspecified atom stereocenters. The van der Waals surface area contributed by atoms with Crippen molar-refractivity contribution < 1.29 is 4.74 Å². The molecule has 1 heterocycles. The minimum absolute atomic E-state index is 0. The van der Waals surface area contributed by atoms with Crippen molar-refractivity contribution >= 4 is 29.9 Å². The monoisotopic (exact) mass is 397 g/mol. The lowest BCUT2D eigenvalue weighted by atomic mass is 10.1. The standard InChI is InChI=1S/C15H31N3O.HI/c1-4-16-15(17-10-5-7-13(2)3)18-11-9-14-8-6-12-19-14;/h13-14H,4-12H2,1-3H3,(H2,16,17,18);1H. The van der Waals surface area contributed by atoms with Crippen LogP contribution in [-0.2, 0) is 4.74 Å². The third-order valence-corrected chi connectivity index (χ3v) is 3.34. The van der Waals surface area contributed by atoms with Gasteiger partial charge in [-0.15, -0.1) is 24.0 Å². The highest BCUT2D eigenvalue weighted by Crippen LogP contribution is 2.14. The van der Waals surface area contributed by atoms with Gasteiger partial charge in [-0.25, -0.2) is 0 Å². The number of nitrogens with zero attached hydrogens (tertiary/aromatic N) is 1. The molecule has 0 aromatic heterocycles. The van der Waals surface area contributed by atoms with Crippen molar-refractivity contribution in [1.29, 1.82) is 0 Å². The molecule has 0 spiro atoms. The molecule has 1 atom stereocenters. The Labute approximate surface area is 141 Å². The lowest BCUT2D eigenvalue weighted by Gasteiger charge is -2.13. The Morgan fingerprint density at radius 2 is 2.15 bits per heavy atom. The predicted molar refractivity (Wildman–Crippen MR) is 97.1 cm³/mol. The summed E-state index contributed by atoms with van der Waals surface area (Å²) in [5, 5.41) is 6.69. The topological polar surface area (TPSA) is 45.7 Å². The molecule has 5 heteroatoms. The number of hydrogen-bond acceptors (Lipinski definition) is 2. The number of ether oxygens (including phenoxy) is 1. The van der Waals surface area contributed by atoms with E-state index in [1.165, 1.54) is 25.7 Å². The van der Waals surface area contributed by atoms with Crippen LogP contribution in [0.5, 0.6) is 0 Å². The summed E-state index contributed by atoms with van der Waals surface area (Å²) < 4.78 is 5.62. The number of halogens is 1. The van der Waals surface area contributed by atoms with E-state index in [9.17, 15) is 0 Å². The van der Waals surface area contributed by atoms with Crippen LogP contribution in [0.25, 0.3) is 0 Å². The van der Waals surface area contributed by atoms with E-state index in [0.29, 0.717) is 6.10 Å². The molecule has 1 aliphatic rings. The quantitative estimate of drug-likeness (QED) is 0.286. The second-order valence-corrected chi connectivity index (χ2v) is 5.65. The summed E-state index contributed by atoms with van der Waals surface area (Å²) in [6.07, 6.45) is 6.38. The summed E-state index contributed by atoms with van der Waals surface area (Å²) >= 11 is 0. The van der Waals surface area contributed by atoms with Gasteiger partial charge < -0.3 is 15.4 Å². The fourth-order valence-corrected chi connectivity index (χ4v) is 2.26. The van der Waals surface area contributed by atoms with E-state index in [0.717, 1.165) is 44.5 Å². The van der Waals surface area contributed by atoms with E-state index in [2.05, 4.69) is 36.4 Å². The Morgan fingerprint density at radius 1 is 1.35 bits per heavy atom. The molecule has 1 rings (SSSR count). The van der Waals surface area contributed by atoms with Gasteiger partial charge >= 0.3 is 0 Å². The highest BCUT2D eigenvalue weighted by molar-refractivity contribution is 14.0. The zero-order valence-electron chi connectivity index (χ0n) is 13.3. The van der Waals surface area contributed by atoms with Gasteiger partial charge in [0.05, 0.1) is 6.10 Å². The van der Waals surface area contributed by atoms with E-state index in [1.54, 1.807) is 0 Å². The van der Waals surface area contributed by atoms with Gasteiger partial charge in [-0.05, 0) is 44.9 Å². The summed E-state index contributed by atoms with van der Waals surface area (Å²) in [6, 6.07) is 0. The zero-order valence-corrected chi connectivity index (χ0v) is 15.6. The third kappa shape index (κ3) is 9.80. The minimum Gasteiger partial charge on any atom is -0.378 e. The number of hydrogen-bond donors (Lipinski definition) is 2. The first kappa shape index (κ1) is 20.0. The molecular formula is C15H32IN3O. The fourth-order valence-electron chi connectivity index (χ4n) is 2.26. The summed E-state index contributed by atoms with van der Waals surface area (Å²) in [5.74, 6) is 1.72. The molecular weight excluding hydrogens is 365 g/mol. The van der Waals surface area contributed by atoms with Gasteiger partial charge in [0.2, 0.25) is 0 Å². The summed E-state index contributed by atoms with van der Waals surface area (Å²) in [4.78, 5) is 4.60. The average molecular weight is 397 g/mol. The second kappa shape index (κ2) is 12.7. The lowest BCUT2D eigenvalue weighted by Crippen LogP contribution is -2.38. The van der Waals surface area contributed by atoms with Crippen LogP contribution in [0, 0.1) is 5.92 Å². The van der Waals surface area contributed by atoms with E-state index in [-0.39, 0.29) is 24.0 Å². The van der Waals surface area contributed by atoms with Gasteiger partial charge in [-0.1, -0.05) is 13.8 Å². The summed E-state index contributed by atoms with van der Waals surface area (Å²) in [5.41, 5.74) is 0. The number of aliphatic imine (C=N–C) groups is 1. The number of rotatable bonds is 8. The summed E-state index contributed by atoms with van der Waals surface area (Å²) in [7, 11) is 0. The van der Waals surface area contributed by atoms with Crippen molar-refractivity contribution in [3.05, 3.63) is 0 Å². The molecule has 0 radical (unpaired) electrons. The van der Waals surface area contributed by atoms with E-state index in [1.807, 2.05) is 0 Å².